The highest BCUT2D eigenvalue weighted by Crippen LogP contribution is 2.25. The molecule has 6 heteroatoms. The summed E-state index contributed by atoms with van der Waals surface area (Å²) in [6, 6.07) is 21.6. The second-order valence-electron chi connectivity index (χ2n) is 5.51. The predicted molar refractivity (Wildman–Crippen MR) is 112 cm³/mol. The zero-order chi connectivity index (χ0) is 18.7. The van der Waals surface area contributed by atoms with Crippen LogP contribution in [-0.4, -0.2) is 16.4 Å². The Balaban J connectivity index is 0.000000236. The number of hydrogen-bond acceptors (Lipinski definition) is 2. The fourth-order valence-corrected chi connectivity index (χ4v) is 3.39. The molecule has 2 aromatic heterocycles. The highest BCUT2D eigenvalue weighted by atomic mass is 127. The Hall–Kier alpha value is -2.38. The molecule has 0 saturated carbocycles. The summed E-state index contributed by atoms with van der Waals surface area (Å²) in [4.78, 5) is 23.4. The summed E-state index contributed by atoms with van der Waals surface area (Å²) < 4.78 is 2.72. The van der Waals surface area contributed by atoms with Crippen LogP contribution in [0.2, 0.25) is 5.02 Å². The summed E-state index contributed by atoms with van der Waals surface area (Å²) in [6.07, 6.45) is 0. The van der Waals surface area contributed by atoms with Crippen LogP contribution >= 0.6 is 34.2 Å². The minimum absolute atomic E-state index is 0.103. The summed E-state index contributed by atoms with van der Waals surface area (Å²) in [6.45, 7) is 0. The molecule has 4 rings (SSSR count). The van der Waals surface area contributed by atoms with Gasteiger partial charge < -0.3 is 5.73 Å². The molecule has 0 aliphatic rings. The summed E-state index contributed by atoms with van der Waals surface area (Å²) in [7, 11) is 0. The molecule has 0 atom stereocenters. The first-order valence-electron chi connectivity index (χ1n) is 7.72. The van der Waals surface area contributed by atoms with Gasteiger partial charge in [-0.1, -0.05) is 29.8 Å². The van der Waals surface area contributed by atoms with Crippen molar-refractivity contribution in [2.75, 3.05) is 0 Å². The second kappa shape index (κ2) is 7.88. The van der Waals surface area contributed by atoms with Gasteiger partial charge in [0, 0.05) is 19.7 Å². The predicted octanol–water partition coefficient (Wildman–Crippen LogP) is 4.81. The van der Waals surface area contributed by atoms with Crippen molar-refractivity contribution in [3.05, 3.63) is 92.5 Å². The lowest BCUT2D eigenvalue weighted by Gasteiger charge is -2.04. The number of nitrogens with two attached hydrogens (primary N) is 1. The molecule has 0 radical (unpaired) electrons. The van der Waals surface area contributed by atoms with Crippen LogP contribution in [0.3, 0.4) is 0 Å². The molecule has 0 aliphatic carbocycles. The molecule has 130 valence electrons. The maximum Gasteiger partial charge on any atom is 0.262 e. The zero-order valence-electron chi connectivity index (χ0n) is 13.5. The maximum absolute atomic E-state index is 12.4. The van der Waals surface area contributed by atoms with E-state index in [9.17, 15) is 9.59 Å². The molecule has 2 heterocycles. The van der Waals surface area contributed by atoms with Gasteiger partial charge in [-0.2, -0.15) is 0 Å². The van der Waals surface area contributed by atoms with Crippen LogP contribution in [0, 0.1) is 3.57 Å². The molecule has 0 fully saturated rings. The van der Waals surface area contributed by atoms with Crippen LogP contribution in [0.15, 0.2) is 72.8 Å². The Morgan fingerprint density at radius 3 is 1.92 bits per heavy atom. The minimum Gasteiger partial charge on any atom is -0.366 e. The van der Waals surface area contributed by atoms with Crippen molar-refractivity contribution < 1.29 is 9.59 Å². The molecule has 2 aromatic carbocycles. The molecule has 4 aromatic rings. The van der Waals surface area contributed by atoms with Crippen molar-refractivity contribution in [2.24, 2.45) is 5.73 Å². The van der Waals surface area contributed by atoms with Gasteiger partial charge in [-0.3, -0.25) is 14.2 Å². The van der Waals surface area contributed by atoms with Gasteiger partial charge in [-0.15, -0.1) is 0 Å². The average molecular weight is 477 g/mol. The number of carbonyl (C=O) groups is 2. The maximum atomic E-state index is 12.4. The molecule has 4 nitrogen and oxygen atoms in total. The van der Waals surface area contributed by atoms with Gasteiger partial charge in [0.15, 0.2) is 0 Å². The van der Waals surface area contributed by atoms with Gasteiger partial charge in [0.2, 0.25) is 5.91 Å². The molecule has 0 aliphatic heterocycles. The van der Waals surface area contributed by atoms with Crippen molar-refractivity contribution in [1.82, 2.24) is 4.57 Å². The fourth-order valence-electron chi connectivity index (χ4n) is 2.50. The van der Waals surface area contributed by atoms with E-state index < -0.39 is 5.91 Å². The molecule has 1 amide bonds. The van der Waals surface area contributed by atoms with E-state index in [1.807, 2.05) is 48.5 Å². The van der Waals surface area contributed by atoms with E-state index in [0.717, 1.165) is 19.6 Å². The van der Waals surface area contributed by atoms with E-state index in [1.165, 1.54) is 0 Å². The number of carbonyl (C=O) groups excluding carboxylic acids is 2. The van der Waals surface area contributed by atoms with E-state index in [4.69, 9.17) is 17.3 Å². The highest BCUT2D eigenvalue weighted by molar-refractivity contribution is 14.1. The number of rotatable bonds is 2. The number of amides is 1. The van der Waals surface area contributed by atoms with E-state index in [-0.39, 0.29) is 5.91 Å². The van der Waals surface area contributed by atoms with Gasteiger partial charge in [0.1, 0.15) is 0 Å². The molecule has 2 N–H and O–H groups in total. The topological polar surface area (TPSA) is 65.1 Å². The number of hydrogen-bond donors (Lipinski definition) is 1. The average Bonchev–Trinajstić information content (AvgIpc) is 3.19. The van der Waals surface area contributed by atoms with Gasteiger partial charge in [-0.25, -0.2) is 0 Å². The molecular formula is C20H14ClIN2O2. The molecule has 2 bridgehead atoms. The lowest BCUT2D eigenvalue weighted by molar-refractivity contribution is 0.0965. The van der Waals surface area contributed by atoms with Crippen LogP contribution in [0.5, 0.6) is 0 Å². The third-order valence-electron chi connectivity index (χ3n) is 3.78. The lowest BCUT2D eigenvalue weighted by Crippen LogP contribution is -2.13. The largest absolute Gasteiger partial charge is 0.366 e. The van der Waals surface area contributed by atoms with Crippen LogP contribution in [0.1, 0.15) is 20.7 Å². The quantitative estimate of drug-likeness (QED) is 0.422. The molecule has 26 heavy (non-hydrogen) atoms. The third kappa shape index (κ3) is 3.89. The van der Waals surface area contributed by atoms with Gasteiger partial charge >= 0.3 is 0 Å². The van der Waals surface area contributed by atoms with E-state index >= 15 is 0 Å². The summed E-state index contributed by atoms with van der Waals surface area (Å²) in [5.74, 6) is -0.601. The van der Waals surface area contributed by atoms with E-state index in [0.29, 0.717) is 11.1 Å². The van der Waals surface area contributed by atoms with Gasteiger partial charge in [0.05, 0.1) is 11.0 Å². The standard InChI is InChI=1S/C14H9IN2O2.C6H5Cl/c15-11-7-10-5-6-12(11)17(10)14(19)9-3-1-8(2-4-9)13(16)18;7-6-4-2-1-3-5-6/h1-7H,(H2,16,18);1-5H. The number of aromatic nitrogens is 1. The number of nitrogens with zero attached hydrogens (tertiary/aromatic N) is 1. The number of benzene rings is 3. The fraction of sp³-hybridized carbons (Fsp3) is 0. The Morgan fingerprint density at radius 1 is 0.885 bits per heavy atom. The molecule has 0 saturated heterocycles. The smallest absolute Gasteiger partial charge is 0.262 e. The first-order valence-corrected chi connectivity index (χ1v) is 9.17. The Kier molecular flexibility index (Phi) is 5.58. The van der Waals surface area contributed by atoms with Crippen molar-refractivity contribution in [3.63, 3.8) is 0 Å². The Bertz CT molecular complexity index is 1040. The second-order valence-corrected chi connectivity index (χ2v) is 7.11. The van der Waals surface area contributed by atoms with E-state index in [2.05, 4.69) is 22.6 Å². The van der Waals surface area contributed by atoms with Crippen LogP contribution in [-0.2, 0) is 0 Å². The van der Waals surface area contributed by atoms with Crippen molar-refractivity contribution in [3.8, 4) is 0 Å². The van der Waals surface area contributed by atoms with Crippen molar-refractivity contribution >= 4 is 57.0 Å². The number of fused-ring (bicyclic) bond motifs is 2. The molecule has 0 spiro atoms. The normalized spacial score (nSPS) is 10.4. The van der Waals surface area contributed by atoms with Gasteiger partial charge in [-0.05, 0) is 77.2 Å². The summed E-state index contributed by atoms with van der Waals surface area (Å²) in [5, 5.41) is 0.794. The van der Waals surface area contributed by atoms with Crippen LogP contribution < -0.4 is 5.73 Å². The minimum atomic E-state index is -0.498. The van der Waals surface area contributed by atoms with Crippen LogP contribution in [0.4, 0.5) is 0 Å². The first-order chi connectivity index (χ1) is 12.5. The Labute approximate surface area is 169 Å². The zero-order valence-corrected chi connectivity index (χ0v) is 16.4. The van der Waals surface area contributed by atoms with Crippen molar-refractivity contribution in [1.29, 1.82) is 0 Å². The lowest BCUT2D eigenvalue weighted by atomic mass is 10.1. The number of primary amides is 1. The van der Waals surface area contributed by atoms with Gasteiger partial charge in [0.25, 0.3) is 5.91 Å². The van der Waals surface area contributed by atoms with Crippen LogP contribution in [0.25, 0.3) is 11.0 Å². The summed E-state index contributed by atoms with van der Waals surface area (Å²) in [5.41, 5.74) is 7.88. The molecule has 0 unspecified atom stereocenters. The SMILES string of the molecule is Clc1ccccc1.NC(=O)c1ccc(C(=O)n2c3ccc2c(I)c3)cc1. The molecular weight excluding hydrogens is 463 g/mol. The first kappa shape index (κ1) is 18.4. The summed E-state index contributed by atoms with van der Waals surface area (Å²) >= 11 is 7.74. The third-order valence-corrected chi connectivity index (χ3v) is 4.90. The van der Waals surface area contributed by atoms with Crippen molar-refractivity contribution in [2.45, 2.75) is 0 Å². The Morgan fingerprint density at radius 2 is 1.50 bits per heavy atom. The monoisotopic (exact) mass is 476 g/mol. The van der Waals surface area contributed by atoms with E-state index in [1.54, 1.807) is 28.8 Å². The highest BCUT2D eigenvalue weighted by Gasteiger charge is 2.17. The number of halogens is 2.